The van der Waals surface area contributed by atoms with Gasteiger partial charge < -0.3 is 0 Å². The van der Waals surface area contributed by atoms with Crippen molar-refractivity contribution in [2.75, 3.05) is 0 Å². The molecular weight excluding hydrogens is 248 g/mol. The maximum absolute atomic E-state index is 11.0. The first-order chi connectivity index (χ1) is 8.60. The Balaban J connectivity index is 2.39. The predicted molar refractivity (Wildman–Crippen MR) is 72.9 cm³/mol. The monoisotopic (exact) mass is 262 g/mol. The summed E-state index contributed by atoms with van der Waals surface area (Å²) in [6.45, 7) is 5.13. The van der Waals surface area contributed by atoms with E-state index in [9.17, 15) is 4.79 Å². The molecular formula is C14H15ClN2O. The number of aromatic nitrogens is 2. The standard InChI is InChI=1S/C14H15ClN2O/c1-10(2)7-17-8-12(6-16-17)14-5-13(15)4-3-11(14)9-18/h3-6,8-10H,7H2,1-2H3. The molecule has 1 heterocycles. The lowest BCUT2D eigenvalue weighted by Crippen LogP contribution is -2.04. The summed E-state index contributed by atoms with van der Waals surface area (Å²) < 4.78 is 1.88. The second kappa shape index (κ2) is 5.36. The van der Waals surface area contributed by atoms with Gasteiger partial charge in [0.05, 0.1) is 6.20 Å². The third kappa shape index (κ3) is 2.79. The topological polar surface area (TPSA) is 34.9 Å². The van der Waals surface area contributed by atoms with E-state index < -0.39 is 0 Å². The molecule has 0 aliphatic rings. The highest BCUT2D eigenvalue weighted by Crippen LogP contribution is 2.25. The molecule has 0 aliphatic heterocycles. The number of nitrogens with zero attached hydrogens (tertiary/aromatic N) is 2. The van der Waals surface area contributed by atoms with E-state index in [4.69, 9.17) is 11.6 Å². The van der Waals surface area contributed by atoms with Crippen molar-refractivity contribution in [3.8, 4) is 11.1 Å². The molecule has 0 unspecified atom stereocenters. The van der Waals surface area contributed by atoms with Crippen LogP contribution in [0.2, 0.25) is 5.02 Å². The van der Waals surface area contributed by atoms with Crippen LogP contribution in [-0.4, -0.2) is 16.1 Å². The molecule has 0 N–H and O–H groups in total. The minimum Gasteiger partial charge on any atom is -0.298 e. The Morgan fingerprint density at radius 1 is 1.44 bits per heavy atom. The van der Waals surface area contributed by atoms with Gasteiger partial charge in [0, 0.05) is 28.9 Å². The summed E-state index contributed by atoms with van der Waals surface area (Å²) in [7, 11) is 0. The van der Waals surface area contributed by atoms with Gasteiger partial charge in [-0.05, 0) is 29.7 Å². The average molecular weight is 263 g/mol. The van der Waals surface area contributed by atoms with Crippen molar-refractivity contribution in [3.63, 3.8) is 0 Å². The van der Waals surface area contributed by atoms with Crippen LogP contribution in [0.1, 0.15) is 24.2 Å². The molecule has 0 bridgehead atoms. The van der Waals surface area contributed by atoms with Crippen LogP contribution in [0.25, 0.3) is 11.1 Å². The van der Waals surface area contributed by atoms with Crippen molar-refractivity contribution in [2.24, 2.45) is 5.92 Å². The summed E-state index contributed by atoms with van der Waals surface area (Å²) in [6, 6.07) is 5.24. The van der Waals surface area contributed by atoms with Crippen LogP contribution in [0.3, 0.4) is 0 Å². The van der Waals surface area contributed by atoms with Crippen LogP contribution in [-0.2, 0) is 6.54 Å². The Kier molecular flexibility index (Phi) is 3.82. The van der Waals surface area contributed by atoms with Gasteiger partial charge in [-0.2, -0.15) is 5.10 Å². The number of rotatable bonds is 4. The van der Waals surface area contributed by atoms with Crippen molar-refractivity contribution < 1.29 is 4.79 Å². The Morgan fingerprint density at radius 3 is 2.89 bits per heavy atom. The minimum absolute atomic E-state index is 0.530. The molecule has 2 rings (SSSR count). The largest absolute Gasteiger partial charge is 0.298 e. The summed E-state index contributed by atoms with van der Waals surface area (Å²) in [6.07, 6.45) is 4.55. The van der Waals surface area contributed by atoms with Gasteiger partial charge in [0.15, 0.2) is 6.29 Å². The molecule has 4 heteroatoms. The zero-order chi connectivity index (χ0) is 13.1. The lowest BCUT2D eigenvalue weighted by Gasteiger charge is -2.04. The molecule has 0 aliphatic carbocycles. The van der Waals surface area contributed by atoms with Crippen molar-refractivity contribution >= 4 is 17.9 Å². The second-order valence-electron chi connectivity index (χ2n) is 4.69. The van der Waals surface area contributed by atoms with Crippen LogP contribution < -0.4 is 0 Å². The van der Waals surface area contributed by atoms with E-state index in [-0.39, 0.29) is 0 Å². The van der Waals surface area contributed by atoms with E-state index in [0.717, 1.165) is 24.0 Å². The molecule has 18 heavy (non-hydrogen) atoms. The van der Waals surface area contributed by atoms with Crippen molar-refractivity contribution in [3.05, 3.63) is 41.2 Å². The highest BCUT2D eigenvalue weighted by atomic mass is 35.5. The van der Waals surface area contributed by atoms with Gasteiger partial charge in [0.1, 0.15) is 0 Å². The van der Waals surface area contributed by atoms with E-state index in [2.05, 4.69) is 18.9 Å². The second-order valence-corrected chi connectivity index (χ2v) is 5.13. The first-order valence-corrected chi connectivity index (χ1v) is 6.25. The predicted octanol–water partition coefficient (Wildman–Crippen LogP) is 3.67. The van der Waals surface area contributed by atoms with Crippen molar-refractivity contribution in [1.82, 2.24) is 9.78 Å². The van der Waals surface area contributed by atoms with Gasteiger partial charge in [-0.15, -0.1) is 0 Å². The van der Waals surface area contributed by atoms with E-state index in [1.165, 1.54) is 0 Å². The summed E-state index contributed by atoms with van der Waals surface area (Å²) in [4.78, 5) is 11.0. The fourth-order valence-corrected chi connectivity index (χ4v) is 2.03. The minimum atomic E-state index is 0.530. The van der Waals surface area contributed by atoms with Crippen molar-refractivity contribution in [2.45, 2.75) is 20.4 Å². The maximum atomic E-state index is 11.0. The fraction of sp³-hybridized carbons (Fsp3) is 0.286. The Hall–Kier alpha value is -1.61. The first kappa shape index (κ1) is 12.8. The molecule has 94 valence electrons. The lowest BCUT2D eigenvalue weighted by atomic mass is 10.0. The zero-order valence-electron chi connectivity index (χ0n) is 10.4. The SMILES string of the molecule is CC(C)Cn1cc(-c2cc(Cl)ccc2C=O)cn1. The quantitative estimate of drug-likeness (QED) is 0.788. The van der Waals surface area contributed by atoms with Gasteiger partial charge in [0.2, 0.25) is 0 Å². The summed E-state index contributed by atoms with van der Waals surface area (Å²) in [5.41, 5.74) is 2.37. The van der Waals surface area contributed by atoms with E-state index >= 15 is 0 Å². The third-order valence-corrected chi connectivity index (χ3v) is 2.87. The molecule has 0 fully saturated rings. The zero-order valence-corrected chi connectivity index (χ0v) is 11.2. The number of halogens is 1. The number of carbonyl (C=O) groups is 1. The van der Waals surface area contributed by atoms with E-state index in [1.54, 1.807) is 24.4 Å². The summed E-state index contributed by atoms with van der Waals surface area (Å²) in [5, 5.41) is 4.91. The number of benzene rings is 1. The smallest absolute Gasteiger partial charge is 0.150 e. The van der Waals surface area contributed by atoms with Gasteiger partial charge in [-0.1, -0.05) is 25.4 Å². The Labute approximate surface area is 111 Å². The summed E-state index contributed by atoms with van der Waals surface area (Å²) in [5.74, 6) is 0.530. The number of hydrogen-bond donors (Lipinski definition) is 0. The summed E-state index contributed by atoms with van der Waals surface area (Å²) >= 11 is 5.97. The molecule has 3 nitrogen and oxygen atoms in total. The van der Waals surface area contributed by atoms with Crippen LogP contribution >= 0.6 is 11.6 Å². The number of hydrogen-bond acceptors (Lipinski definition) is 2. The molecule has 0 radical (unpaired) electrons. The third-order valence-electron chi connectivity index (χ3n) is 2.64. The van der Waals surface area contributed by atoms with E-state index in [1.807, 2.05) is 10.9 Å². The van der Waals surface area contributed by atoms with E-state index in [0.29, 0.717) is 16.5 Å². The molecule has 0 saturated carbocycles. The molecule has 0 amide bonds. The normalized spacial score (nSPS) is 10.9. The van der Waals surface area contributed by atoms with Gasteiger partial charge in [-0.25, -0.2) is 0 Å². The highest BCUT2D eigenvalue weighted by molar-refractivity contribution is 6.31. The van der Waals surface area contributed by atoms with Crippen LogP contribution in [0, 0.1) is 5.92 Å². The molecule has 1 aromatic carbocycles. The molecule has 0 atom stereocenters. The van der Waals surface area contributed by atoms with Gasteiger partial charge in [0.25, 0.3) is 0 Å². The average Bonchev–Trinajstić information content (AvgIpc) is 2.76. The molecule has 1 aromatic heterocycles. The fourth-order valence-electron chi connectivity index (χ4n) is 1.86. The van der Waals surface area contributed by atoms with Crippen LogP contribution in [0.15, 0.2) is 30.6 Å². The lowest BCUT2D eigenvalue weighted by molar-refractivity contribution is 0.112. The van der Waals surface area contributed by atoms with Crippen molar-refractivity contribution in [1.29, 1.82) is 0 Å². The Bertz CT molecular complexity index is 561. The first-order valence-electron chi connectivity index (χ1n) is 5.87. The Morgan fingerprint density at radius 2 is 2.22 bits per heavy atom. The number of carbonyl (C=O) groups excluding carboxylic acids is 1. The van der Waals surface area contributed by atoms with Gasteiger partial charge >= 0.3 is 0 Å². The molecule has 0 spiro atoms. The van der Waals surface area contributed by atoms with Crippen LogP contribution in [0.5, 0.6) is 0 Å². The maximum Gasteiger partial charge on any atom is 0.150 e. The molecule has 0 saturated heterocycles. The van der Waals surface area contributed by atoms with Gasteiger partial charge in [-0.3, -0.25) is 9.48 Å². The molecule has 2 aromatic rings. The van der Waals surface area contributed by atoms with Crippen LogP contribution in [0.4, 0.5) is 0 Å². The highest BCUT2D eigenvalue weighted by Gasteiger charge is 2.08. The number of aldehydes is 1.